The van der Waals surface area contributed by atoms with Gasteiger partial charge in [-0.2, -0.15) is 5.26 Å². The second-order valence-electron chi connectivity index (χ2n) is 3.40. The van der Waals surface area contributed by atoms with Gasteiger partial charge in [0.15, 0.2) is 0 Å². The topological polar surface area (TPSA) is 67.2 Å². The number of hydrogen-bond donors (Lipinski definition) is 0. The molecule has 0 unspecified atom stereocenters. The van der Waals surface area contributed by atoms with Crippen molar-refractivity contribution in [3.8, 4) is 6.07 Å². The summed E-state index contributed by atoms with van der Waals surface area (Å²) in [6.07, 6.45) is 1.31. The van der Waals surface area contributed by atoms with E-state index >= 15 is 0 Å². The van der Waals surface area contributed by atoms with Crippen molar-refractivity contribution in [3.05, 3.63) is 34.4 Å². The van der Waals surface area contributed by atoms with E-state index in [0.29, 0.717) is 18.3 Å². The van der Waals surface area contributed by atoms with Gasteiger partial charge in [0.05, 0.1) is 17.7 Å². The Hall–Kier alpha value is -2.15. The molecule has 0 aromatic heterocycles. The van der Waals surface area contributed by atoms with Crippen molar-refractivity contribution in [1.29, 1.82) is 5.26 Å². The molecule has 0 aliphatic carbocycles. The number of carbonyl (C=O) groups excluding carboxylic acids is 2. The minimum Gasteiger partial charge on any atom is -0.462 e. The van der Waals surface area contributed by atoms with E-state index in [1.54, 1.807) is 13.0 Å². The molecule has 0 heterocycles. The lowest BCUT2D eigenvalue weighted by Crippen LogP contribution is -2.09. The van der Waals surface area contributed by atoms with Gasteiger partial charge in [-0.15, -0.1) is 0 Å². The Morgan fingerprint density at radius 1 is 1.47 bits per heavy atom. The zero-order valence-electron chi connectivity index (χ0n) is 9.82. The van der Waals surface area contributed by atoms with E-state index in [4.69, 9.17) is 10.00 Å². The summed E-state index contributed by atoms with van der Waals surface area (Å²) in [6, 6.07) is 4.93. The second-order valence-corrected chi connectivity index (χ2v) is 3.40. The van der Waals surface area contributed by atoms with Gasteiger partial charge in [0.1, 0.15) is 12.4 Å². The van der Waals surface area contributed by atoms with Crippen LogP contribution in [-0.4, -0.2) is 18.9 Å². The lowest BCUT2D eigenvalue weighted by molar-refractivity contribution is 0.0526. The molecule has 17 heavy (non-hydrogen) atoms. The second kappa shape index (κ2) is 5.80. The molecule has 4 nitrogen and oxygen atoms in total. The summed E-state index contributed by atoms with van der Waals surface area (Å²) in [5, 5.41) is 8.97. The van der Waals surface area contributed by atoms with Gasteiger partial charge in [-0.1, -0.05) is 6.92 Å². The first kappa shape index (κ1) is 12.9. The molecule has 0 saturated carbocycles. The number of aldehydes is 1. The molecule has 88 valence electrons. The Morgan fingerprint density at radius 2 is 2.18 bits per heavy atom. The monoisotopic (exact) mass is 231 g/mol. The van der Waals surface area contributed by atoms with Crippen molar-refractivity contribution < 1.29 is 14.3 Å². The molecular formula is C13H13NO3. The summed E-state index contributed by atoms with van der Waals surface area (Å²) in [5.74, 6) is -0.574. The number of nitrogens with zero attached hydrogens (tertiary/aromatic N) is 1. The Morgan fingerprint density at radius 3 is 2.65 bits per heavy atom. The van der Waals surface area contributed by atoms with Gasteiger partial charge in [-0.3, -0.25) is 4.79 Å². The fourth-order valence-corrected chi connectivity index (χ4v) is 1.55. The van der Waals surface area contributed by atoms with Crippen LogP contribution in [0.2, 0.25) is 0 Å². The van der Waals surface area contributed by atoms with Crippen molar-refractivity contribution in [2.45, 2.75) is 20.3 Å². The van der Waals surface area contributed by atoms with Crippen molar-refractivity contribution in [2.75, 3.05) is 6.61 Å². The molecule has 0 amide bonds. The summed E-state index contributed by atoms with van der Waals surface area (Å²) in [4.78, 5) is 22.5. The van der Waals surface area contributed by atoms with Gasteiger partial charge in [0, 0.05) is 5.56 Å². The SMILES string of the molecule is CCOC(=O)c1cc(C=O)c(CC)cc1C#N. The molecule has 0 saturated heterocycles. The third-order valence-electron chi connectivity index (χ3n) is 2.40. The Labute approximate surface area is 99.8 Å². The molecule has 1 aromatic carbocycles. The van der Waals surface area contributed by atoms with E-state index < -0.39 is 5.97 Å². The summed E-state index contributed by atoms with van der Waals surface area (Å²) >= 11 is 0. The number of rotatable bonds is 4. The molecule has 0 N–H and O–H groups in total. The van der Waals surface area contributed by atoms with Gasteiger partial charge >= 0.3 is 5.97 Å². The lowest BCUT2D eigenvalue weighted by atomic mass is 9.98. The van der Waals surface area contributed by atoms with Crippen molar-refractivity contribution in [3.63, 3.8) is 0 Å². The number of hydrogen-bond acceptors (Lipinski definition) is 4. The van der Waals surface area contributed by atoms with Gasteiger partial charge in [0.25, 0.3) is 0 Å². The maximum absolute atomic E-state index is 11.6. The molecule has 0 aliphatic rings. The third kappa shape index (κ3) is 2.70. The van der Waals surface area contributed by atoms with Gasteiger partial charge in [0.2, 0.25) is 0 Å². The van der Waals surface area contributed by atoms with Crippen LogP contribution in [0.1, 0.15) is 45.7 Å². The van der Waals surface area contributed by atoms with Crippen LogP contribution in [-0.2, 0) is 11.2 Å². The van der Waals surface area contributed by atoms with Gasteiger partial charge in [-0.25, -0.2) is 4.79 Å². The number of nitriles is 1. The molecule has 1 aromatic rings. The largest absolute Gasteiger partial charge is 0.462 e. The van der Waals surface area contributed by atoms with Crippen LogP contribution >= 0.6 is 0 Å². The lowest BCUT2D eigenvalue weighted by Gasteiger charge is -2.08. The minimum absolute atomic E-state index is 0.147. The quantitative estimate of drug-likeness (QED) is 0.588. The molecule has 0 fully saturated rings. The van der Waals surface area contributed by atoms with E-state index in [1.165, 1.54) is 6.07 Å². The average Bonchev–Trinajstić information content (AvgIpc) is 2.37. The molecule has 0 aliphatic heterocycles. The molecule has 0 radical (unpaired) electrons. The van der Waals surface area contributed by atoms with Crippen LogP contribution in [0.25, 0.3) is 0 Å². The first-order chi connectivity index (χ1) is 8.17. The Kier molecular flexibility index (Phi) is 4.41. The van der Waals surface area contributed by atoms with Crippen LogP contribution in [0, 0.1) is 11.3 Å². The highest BCUT2D eigenvalue weighted by Gasteiger charge is 2.15. The average molecular weight is 231 g/mol. The Balaban J connectivity index is 3.34. The maximum Gasteiger partial charge on any atom is 0.339 e. The van der Waals surface area contributed by atoms with Crippen LogP contribution in [0.4, 0.5) is 0 Å². The number of esters is 1. The number of ether oxygens (including phenoxy) is 1. The highest BCUT2D eigenvalue weighted by atomic mass is 16.5. The molecule has 0 spiro atoms. The standard InChI is InChI=1S/C13H13NO3/c1-3-9-5-10(7-14)12(6-11(9)8-15)13(16)17-4-2/h5-6,8H,3-4H2,1-2H3. The van der Waals surface area contributed by atoms with E-state index in [0.717, 1.165) is 5.56 Å². The normalized spacial score (nSPS) is 9.47. The predicted molar refractivity (Wildman–Crippen MR) is 61.9 cm³/mol. The van der Waals surface area contributed by atoms with E-state index in [1.807, 2.05) is 13.0 Å². The fraction of sp³-hybridized carbons (Fsp3) is 0.308. The number of carbonyl (C=O) groups is 2. The summed E-state index contributed by atoms with van der Waals surface area (Å²) < 4.78 is 4.84. The van der Waals surface area contributed by atoms with E-state index in [2.05, 4.69) is 0 Å². The molecule has 4 heteroatoms. The van der Waals surface area contributed by atoms with E-state index in [-0.39, 0.29) is 17.7 Å². The van der Waals surface area contributed by atoms with Crippen LogP contribution in [0.15, 0.2) is 12.1 Å². The van der Waals surface area contributed by atoms with E-state index in [9.17, 15) is 9.59 Å². The van der Waals surface area contributed by atoms with Crippen molar-refractivity contribution >= 4 is 12.3 Å². The molecular weight excluding hydrogens is 218 g/mol. The predicted octanol–water partition coefficient (Wildman–Crippen LogP) is 2.11. The fourth-order valence-electron chi connectivity index (χ4n) is 1.55. The highest BCUT2D eigenvalue weighted by Crippen LogP contribution is 2.17. The van der Waals surface area contributed by atoms with Crippen molar-refractivity contribution in [1.82, 2.24) is 0 Å². The summed E-state index contributed by atoms with van der Waals surface area (Å²) in [5.41, 5.74) is 1.57. The smallest absolute Gasteiger partial charge is 0.339 e. The first-order valence-corrected chi connectivity index (χ1v) is 5.37. The Bertz CT molecular complexity index is 486. The highest BCUT2D eigenvalue weighted by molar-refractivity contribution is 5.94. The molecule has 0 atom stereocenters. The molecule has 1 rings (SSSR count). The first-order valence-electron chi connectivity index (χ1n) is 5.37. The minimum atomic E-state index is -0.574. The molecule has 0 bridgehead atoms. The summed E-state index contributed by atoms with van der Waals surface area (Å²) in [7, 11) is 0. The maximum atomic E-state index is 11.6. The zero-order chi connectivity index (χ0) is 12.8. The van der Waals surface area contributed by atoms with Crippen LogP contribution < -0.4 is 0 Å². The van der Waals surface area contributed by atoms with Gasteiger partial charge < -0.3 is 4.74 Å². The number of benzene rings is 1. The zero-order valence-corrected chi connectivity index (χ0v) is 9.82. The van der Waals surface area contributed by atoms with Crippen LogP contribution in [0.5, 0.6) is 0 Å². The van der Waals surface area contributed by atoms with Gasteiger partial charge in [-0.05, 0) is 31.0 Å². The third-order valence-corrected chi connectivity index (χ3v) is 2.40. The number of aryl methyl sites for hydroxylation is 1. The van der Waals surface area contributed by atoms with Crippen molar-refractivity contribution in [2.24, 2.45) is 0 Å². The van der Waals surface area contributed by atoms with Crippen LogP contribution in [0.3, 0.4) is 0 Å². The summed E-state index contributed by atoms with van der Waals surface area (Å²) in [6.45, 7) is 3.80.